The summed E-state index contributed by atoms with van der Waals surface area (Å²) < 4.78 is 5.34. The first-order valence-electron chi connectivity index (χ1n) is 10.1. The van der Waals surface area contributed by atoms with E-state index in [1.54, 1.807) is 50.5 Å². The molecular formula is C24H28N4O3. The average molecular weight is 421 g/mol. The predicted molar refractivity (Wildman–Crippen MR) is 120 cm³/mol. The van der Waals surface area contributed by atoms with Crippen molar-refractivity contribution in [2.75, 3.05) is 19.4 Å². The molecule has 0 saturated heterocycles. The highest BCUT2D eigenvalue weighted by atomic mass is 16.5. The topological polar surface area (TPSA) is 88.3 Å². The van der Waals surface area contributed by atoms with E-state index in [9.17, 15) is 9.59 Å². The van der Waals surface area contributed by atoms with Crippen LogP contribution in [0.3, 0.4) is 0 Å². The Morgan fingerprint density at radius 1 is 1.06 bits per heavy atom. The molecule has 0 saturated carbocycles. The van der Waals surface area contributed by atoms with Gasteiger partial charge in [-0.2, -0.15) is 4.98 Å². The van der Waals surface area contributed by atoms with Crippen LogP contribution in [0.4, 0.5) is 5.69 Å². The van der Waals surface area contributed by atoms with Crippen molar-refractivity contribution >= 4 is 17.5 Å². The fourth-order valence-electron chi connectivity index (χ4n) is 3.04. The molecule has 0 fully saturated rings. The zero-order chi connectivity index (χ0) is 22.8. The standard InChI is InChI=1S/C24H28N4O3/c1-15-7-12-18(13-19(15)23(30)28(5)6)25-22(29)17-10-8-16(9-11-17)21-26-20(31-27-21)14-24(2,3)4/h7-13H,14H2,1-6H3,(H,25,29). The van der Waals surface area contributed by atoms with Crippen molar-refractivity contribution in [3.05, 3.63) is 65.0 Å². The first-order valence-corrected chi connectivity index (χ1v) is 10.1. The minimum absolute atomic E-state index is 0.0543. The number of amides is 2. The second-order valence-electron chi connectivity index (χ2n) is 9.01. The summed E-state index contributed by atoms with van der Waals surface area (Å²) in [5.74, 6) is 0.715. The minimum atomic E-state index is -0.264. The van der Waals surface area contributed by atoms with E-state index in [-0.39, 0.29) is 17.2 Å². The fourth-order valence-corrected chi connectivity index (χ4v) is 3.04. The van der Waals surface area contributed by atoms with Crippen LogP contribution >= 0.6 is 0 Å². The van der Waals surface area contributed by atoms with E-state index in [1.165, 1.54) is 4.90 Å². The largest absolute Gasteiger partial charge is 0.345 e. The van der Waals surface area contributed by atoms with Crippen molar-refractivity contribution < 1.29 is 14.1 Å². The van der Waals surface area contributed by atoms with Gasteiger partial charge in [0.2, 0.25) is 11.7 Å². The zero-order valence-electron chi connectivity index (χ0n) is 18.8. The number of aryl methyl sites for hydroxylation is 1. The molecule has 1 heterocycles. The van der Waals surface area contributed by atoms with Gasteiger partial charge in [-0.25, -0.2) is 0 Å². The van der Waals surface area contributed by atoms with E-state index in [0.717, 1.165) is 11.1 Å². The molecule has 7 heteroatoms. The number of hydrogen-bond donors (Lipinski definition) is 1. The van der Waals surface area contributed by atoms with Crippen molar-refractivity contribution in [1.29, 1.82) is 0 Å². The van der Waals surface area contributed by atoms with Gasteiger partial charge in [0.25, 0.3) is 11.8 Å². The monoisotopic (exact) mass is 420 g/mol. The summed E-state index contributed by atoms with van der Waals surface area (Å²) in [7, 11) is 3.40. The van der Waals surface area contributed by atoms with Crippen LogP contribution in [0.25, 0.3) is 11.4 Å². The smallest absolute Gasteiger partial charge is 0.255 e. The Morgan fingerprint density at radius 2 is 1.74 bits per heavy atom. The Bertz CT molecular complexity index is 1090. The molecule has 31 heavy (non-hydrogen) atoms. The predicted octanol–water partition coefficient (Wildman–Crippen LogP) is 4.59. The van der Waals surface area contributed by atoms with Crippen molar-refractivity contribution in [1.82, 2.24) is 15.0 Å². The lowest BCUT2D eigenvalue weighted by Crippen LogP contribution is -2.23. The lowest BCUT2D eigenvalue weighted by molar-refractivity contribution is 0.0826. The Kier molecular flexibility index (Phi) is 6.24. The third-order valence-electron chi connectivity index (χ3n) is 4.69. The van der Waals surface area contributed by atoms with Gasteiger partial charge in [0, 0.05) is 42.9 Å². The van der Waals surface area contributed by atoms with E-state index < -0.39 is 0 Å². The summed E-state index contributed by atoms with van der Waals surface area (Å²) in [6, 6.07) is 12.3. The number of rotatable bonds is 5. The molecule has 0 aliphatic heterocycles. The van der Waals surface area contributed by atoms with Gasteiger partial charge in [0.1, 0.15) is 0 Å². The number of nitrogens with zero attached hydrogens (tertiary/aromatic N) is 3. The Balaban J connectivity index is 1.73. The van der Waals surface area contributed by atoms with Crippen molar-refractivity contribution in [3.8, 4) is 11.4 Å². The van der Waals surface area contributed by atoms with Crippen molar-refractivity contribution in [3.63, 3.8) is 0 Å². The van der Waals surface area contributed by atoms with E-state index in [4.69, 9.17) is 4.52 Å². The highest BCUT2D eigenvalue weighted by Crippen LogP contribution is 2.23. The molecule has 0 atom stereocenters. The lowest BCUT2D eigenvalue weighted by Gasteiger charge is -2.14. The Labute approximate surface area is 182 Å². The van der Waals surface area contributed by atoms with Gasteiger partial charge >= 0.3 is 0 Å². The van der Waals surface area contributed by atoms with Gasteiger partial charge in [-0.1, -0.05) is 44.1 Å². The van der Waals surface area contributed by atoms with Crippen LogP contribution in [0.15, 0.2) is 47.0 Å². The minimum Gasteiger partial charge on any atom is -0.345 e. The molecule has 0 unspecified atom stereocenters. The highest BCUT2D eigenvalue weighted by Gasteiger charge is 2.18. The summed E-state index contributed by atoms with van der Waals surface area (Å²) >= 11 is 0. The van der Waals surface area contributed by atoms with Crippen molar-refractivity contribution in [2.24, 2.45) is 5.41 Å². The molecule has 7 nitrogen and oxygen atoms in total. The van der Waals surface area contributed by atoms with Gasteiger partial charge in [-0.05, 0) is 42.2 Å². The number of carbonyl (C=O) groups excluding carboxylic acids is 2. The summed E-state index contributed by atoms with van der Waals surface area (Å²) in [4.78, 5) is 30.9. The first kappa shape index (κ1) is 22.2. The maximum Gasteiger partial charge on any atom is 0.255 e. The van der Waals surface area contributed by atoms with Gasteiger partial charge < -0.3 is 14.7 Å². The molecule has 3 aromatic rings. The summed E-state index contributed by atoms with van der Waals surface area (Å²) in [5.41, 5.74) is 3.29. The first-order chi connectivity index (χ1) is 14.5. The van der Waals surface area contributed by atoms with Crippen LogP contribution in [0.5, 0.6) is 0 Å². The molecule has 162 valence electrons. The number of hydrogen-bond acceptors (Lipinski definition) is 5. The highest BCUT2D eigenvalue weighted by molar-refractivity contribution is 6.05. The van der Waals surface area contributed by atoms with Crippen LogP contribution in [-0.4, -0.2) is 41.0 Å². The summed E-state index contributed by atoms with van der Waals surface area (Å²) in [6.45, 7) is 8.19. The second-order valence-corrected chi connectivity index (χ2v) is 9.01. The van der Waals surface area contributed by atoms with E-state index >= 15 is 0 Å². The molecule has 1 N–H and O–H groups in total. The van der Waals surface area contributed by atoms with Crippen LogP contribution < -0.4 is 5.32 Å². The number of anilines is 1. The summed E-state index contributed by atoms with van der Waals surface area (Å²) in [5, 5.41) is 6.89. The summed E-state index contributed by atoms with van der Waals surface area (Å²) in [6.07, 6.45) is 0.690. The third kappa shape index (κ3) is 5.57. The quantitative estimate of drug-likeness (QED) is 0.652. The molecule has 0 bridgehead atoms. The number of nitrogens with one attached hydrogen (secondary N) is 1. The van der Waals surface area contributed by atoms with Crippen LogP contribution in [0, 0.1) is 12.3 Å². The SMILES string of the molecule is Cc1ccc(NC(=O)c2ccc(-c3noc(CC(C)(C)C)n3)cc2)cc1C(=O)N(C)C. The van der Waals surface area contributed by atoms with Crippen LogP contribution in [0.1, 0.15) is 52.9 Å². The van der Waals surface area contributed by atoms with Gasteiger partial charge in [-0.3, -0.25) is 9.59 Å². The maximum absolute atomic E-state index is 12.7. The number of aromatic nitrogens is 2. The molecule has 2 aromatic carbocycles. The average Bonchev–Trinajstić information content (AvgIpc) is 3.15. The molecule has 2 amide bonds. The van der Waals surface area contributed by atoms with E-state index in [2.05, 4.69) is 36.2 Å². The molecule has 3 rings (SSSR count). The molecule has 0 spiro atoms. The normalized spacial score (nSPS) is 11.3. The number of benzene rings is 2. The molecule has 0 radical (unpaired) electrons. The van der Waals surface area contributed by atoms with E-state index in [0.29, 0.717) is 35.0 Å². The van der Waals surface area contributed by atoms with Gasteiger partial charge in [0.15, 0.2) is 0 Å². The van der Waals surface area contributed by atoms with E-state index in [1.807, 2.05) is 13.0 Å². The second kappa shape index (κ2) is 8.71. The fraction of sp³-hybridized carbons (Fsp3) is 0.333. The molecule has 0 aliphatic rings. The zero-order valence-corrected chi connectivity index (χ0v) is 18.8. The third-order valence-corrected chi connectivity index (χ3v) is 4.69. The van der Waals surface area contributed by atoms with Gasteiger partial charge in [0.05, 0.1) is 0 Å². The van der Waals surface area contributed by atoms with Crippen LogP contribution in [0.2, 0.25) is 0 Å². The Hall–Kier alpha value is -3.48. The number of carbonyl (C=O) groups is 2. The van der Waals surface area contributed by atoms with Crippen molar-refractivity contribution in [2.45, 2.75) is 34.1 Å². The Morgan fingerprint density at radius 3 is 2.35 bits per heavy atom. The lowest BCUT2D eigenvalue weighted by atomic mass is 9.92. The molecule has 1 aromatic heterocycles. The molecular weight excluding hydrogens is 392 g/mol. The molecule has 0 aliphatic carbocycles. The maximum atomic E-state index is 12.7. The van der Waals surface area contributed by atoms with Gasteiger partial charge in [-0.15, -0.1) is 0 Å². The van der Waals surface area contributed by atoms with Crippen LogP contribution in [-0.2, 0) is 6.42 Å².